The van der Waals surface area contributed by atoms with E-state index in [0.29, 0.717) is 23.8 Å². The lowest BCUT2D eigenvalue weighted by Crippen LogP contribution is -2.23. The minimum Gasteiger partial charge on any atom is -0.319 e. The van der Waals surface area contributed by atoms with E-state index in [-0.39, 0.29) is 11.6 Å². The Balaban J connectivity index is 2.68. The second-order valence-corrected chi connectivity index (χ2v) is 4.45. The Morgan fingerprint density at radius 3 is 2.50 bits per heavy atom. The molecular formula is C13H19F2N. The van der Waals surface area contributed by atoms with Crippen molar-refractivity contribution in [2.24, 2.45) is 11.8 Å². The largest absolute Gasteiger partial charge is 0.319 e. The molecule has 0 aromatic heterocycles. The molecule has 1 aromatic rings. The number of nitrogens with one attached hydrogen (secondary N) is 1. The first-order valence-corrected chi connectivity index (χ1v) is 5.63. The fourth-order valence-corrected chi connectivity index (χ4v) is 1.77. The highest BCUT2D eigenvalue weighted by Crippen LogP contribution is 2.19. The van der Waals surface area contributed by atoms with Crippen LogP contribution in [0.1, 0.15) is 19.4 Å². The van der Waals surface area contributed by atoms with Crippen LogP contribution in [-0.2, 0) is 6.42 Å². The quantitative estimate of drug-likeness (QED) is 0.815. The van der Waals surface area contributed by atoms with Gasteiger partial charge in [0, 0.05) is 0 Å². The lowest BCUT2D eigenvalue weighted by Gasteiger charge is -2.19. The van der Waals surface area contributed by atoms with Gasteiger partial charge in [0.2, 0.25) is 0 Å². The van der Waals surface area contributed by atoms with E-state index in [9.17, 15) is 8.78 Å². The van der Waals surface area contributed by atoms with Crippen LogP contribution in [0.4, 0.5) is 8.78 Å². The first-order chi connectivity index (χ1) is 7.54. The van der Waals surface area contributed by atoms with Crippen molar-refractivity contribution in [1.29, 1.82) is 0 Å². The monoisotopic (exact) mass is 227 g/mol. The summed E-state index contributed by atoms with van der Waals surface area (Å²) in [6.45, 7) is 5.06. The maximum Gasteiger partial charge on any atom is 0.126 e. The molecule has 16 heavy (non-hydrogen) atoms. The van der Waals surface area contributed by atoms with Gasteiger partial charge in [-0.25, -0.2) is 8.78 Å². The van der Waals surface area contributed by atoms with Crippen molar-refractivity contribution in [3.8, 4) is 0 Å². The predicted octanol–water partition coefficient (Wildman–Crippen LogP) is 3.00. The summed E-state index contributed by atoms with van der Waals surface area (Å²) in [5, 5.41) is 3.09. The molecule has 0 aliphatic rings. The van der Waals surface area contributed by atoms with Crippen molar-refractivity contribution in [2.45, 2.75) is 20.3 Å². The van der Waals surface area contributed by atoms with Crippen LogP contribution in [0.15, 0.2) is 18.2 Å². The molecule has 1 nitrogen and oxygen atoms in total. The Bertz CT molecular complexity index is 339. The summed E-state index contributed by atoms with van der Waals surface area (Å²) >= 11 is 0. The fourth-order valence-electron chi connectivity index (χ4n) is 1.77. The van der Waals surface area contributed by atoms with Crippen LogP contribution >= 0.6 is 0 Å². The van der Waals surface area contributed by atoms with Crippen LogP contribution in [0.5, 0.6) is 0 Å². The van der Waals surface area contributed by atoms with E-state index in [4.69, 9.17) is 0 Å². The van der Waals surface area contributed by atoms with Crippen molar-refractivity contribution in [3.05, 3.63) is 35.4 Å². The maximum atomic E-state index is 13.4. The molecule has 0 aliphatic carbocycles. The zero-order chi connectivity index (χ0) is 12.1. The van der Waals surface area contributed by atoms with Gasteiger partial charge in [0.05, 0.1) is 0 Å². The van der Waals surface area contributed by atoms with Crippen LogP contribution in [0.2, 0.25) is 0 Å². The predicted molar refractivity (Wildman–Crippen MR) is 62.3 cm³/mol. The average molecular weight is 227 g/mol. The molecular weight excluding hydrogens is 208 g/mol. The second-order valence-electron chi connectivity index (χ2n) is 4.45. The molecule has 3 heteroatoms. The summed E-state index contributed by atoms with van der Waals surface area (Å²) in [5.74, 6) is 0.0752. The van der Waals surface area contributed by atoms with Crippen LogP contribution in [0, 0.1) is 23.5 Å². The lowest BCUT2D eigenvalue weighted by molar-refractivity contribution is 0.369. The number of benzene rings is 1. The topological polar surface area (TPSA) is 12.0 Å². The van der Waals surface area contributed by atoms with Crippen molar-refractivity contribution in [1.82, 2.24) is 5.32 Å². The van der Waals surface area contributed by atoms with E-state index in [1.54, 1.807) is 0 Å². The highest BCUT2D eigenvalue weighted by molar-refractivity contribution is 5.19. The van der Waals surface area contributed by atoms with Gasteiger partial charge in [-0.2, -0.15) is 0 Å². The highest BCUT2D eigenvalue weighted by Gasteiger charge is 2.14. The number of rotatable bonds is 5. The molecule has 0 aliphatic heterocycles. The summed E-state index contributed by atoms with van der Waals surface area (Å²) in [6.07, 6.45) is 0.576. The molecule has 0 heterocycles. The molecule has 0 saturated heterocycles. The Hall–Kier alpha value is -0.960. The number of hydrogen-bond donors (Lipinski definition) is 1. The van der Waals surface area contributed by atoms with Gasteiger partial charge in [-0.1, -0.05) is 13.8 Å². The molecule has 1 rings (SSSR count). The first-order valence-electron chi connectivity index (χ1n) is 5.63. The lowest BCUT2D eigenvalue weighted by atomic mass is 9.89. The van der Waals surface area contributed by atoms with Crippen molar-refractivity contribution >= 4 is 0 Å². The standard InChI is InChI=1S/C13H19F2N/c1-9(10(2)8-16-3)6-11-7-12(14)4-5-13(11)15/h4-5,7,9-10,16H,6,8H2,1-3H3. The van der Waals surface area contributed by atoms with Crippen molar-refractivity contribution in [2.75, 3.05) is 13.6 Å². The van der Waals surface area contributed by atoms with Crippen molar-refractivity contribution in [3.63, 3.8) is 0 Å². The van der Waals surface area contributed by atoms with Gasteiger partial charge in [0.25, 0.3) is 0 Å². The highest BCUT2D eigenvalue weighted by atomic mass is 19.1. The van der Waals surface area contributed by atoms with Gasteiger partial charge in [0.1, 0.15) is 11.6 Å². The molecule has 0 saturated carbocycles. The third kappa shape index (κ3) is 3.56. The smallest absolute Gasteiger partial charge is 0.126 e. The van der Waals surface area contributed by atoms with Gasteiger partial charge in [0.15, 0.2) is 0 Å². The molecule has 90 valence electrons. The van der Waals surface area contributed by atoms with Gasteiger partial charge in [-0.05, 0) is 55.6 Å². The zero-order valence-electron chi connectivity index (χ0n) is 10.1. The number of hydrogen-bond acceptors (Lipinski definition) is 1. The third-order valence-electron chi connectivity index (χ3n) is 3.05. The maximum absolute atomic E-state index is 13.4. The average Bonchev–Trinajstić information content (AvgIpc) is 2.23. The minimum atomic E-state index is -0.370. The summed E-state index contributed by atoms with van der Waals surface area (Å²) in [6, 6.07) is 3.64. The van der Waals surface area contributed by atoms with Crippen LogP contribution < -0.4 is 5.32 Å². The first kappa shape index (κ1) is 13.1. The van der Waals surface area contributed by atoms with Gasteiger partial charge >= 0.3 is 0 Å². The fraction of sp³-hybridized carbons (Fsp3) is 0.538. The molecule has 2 unspecified atom stereocenters. The van der Waals surface area contributed by atoms with Gasteiger partial charge < -0.3 is 5.32 Å². The molecule has 0 spiro atoms. The van der Waals surface area contributed by atoms with E-state index in [0.717, 1.165) is 12.6 Å². The summed E-state index contributed by atoms with van der Waals surface area (Å²) < 4.78 is 26.4. The van der Waals surface area contributed by atoms with Crippen molar-refractivity contribution < 1.29 is 8.78 Å². The number of halogens is 2. The Morgan fingerprint density at radius 1 is 1.19 bits per heavy atom. The SMILES string of the molecule is CNCC(C)C(C)Cc1cc(F)ccc1F. The van der Waals surface area contributed by atoms with Crippen LogP contribution in [0.25, 0.3) is 0 Å². The zero-order valence-corrected chi connectivity index (χ0v) is 10.1. The Kier molecular flexibility index (Phi) is 4.87. The van der Waals surface area contributed by atoms with Crippen LogP contribution in [0.3, 0.4) is 0 Å². The van der Waals surface area contributed by atoms with E-state index in [1.165, 1.54) is 12.1 Å². The molecule has 0 radical (unpaired) electrons. The molecule has 0 amide bonds. The van der Waals surface area contributed by atoms with Crippen LogP contribution in [-0.4, -0.2) is 13.6 Å². The minimum absolute atomic E-state index is 0.315. The summed E-state index contributed by atoms with van der Waals surface area (Å²) in [4.78, 5) is 0. The molecule has 1 N–H and O–H groups in total. The molecule has 0 fully saturated rings. The second kappa shape index (κ2) is 5.94. The van der Waals surface area contributed by atoms with Gasteiger partial charge in [-0.15, -0.1) is 0 Å². The van der Waals surface area contributed by atoms with E-state index in [1.807, 2.05) is 7.05 Å². The van der Waals surface area contributed by atoms with E-state index >= 15 is 0 Å². The Labute approximate surface area is 95.9 Å². The van der Waals surface area contributed by atoms with Gasteiger partial charge in [-0.3, -0.25) is 0 Å². The molecule has 1 aromatic carbocycles. The summed E-state index contributed by atoms with van der Waals surface area (Å²) in [5.41, 5.74) is 0.468. The molecule has 0 bridgehead atoms. The third-order valence-corrected chi connectivity index (χ3v) is 3.05. The van der Waals surface area contributed by atoms with E-state index < -0.39 is 0 Å². The molecule has 2 atom stereocenters. The Morgan fingerprint density at radius 2 is 1.88 bits per heavy atom. The summed E-state index contributed by atoms with van der Waals surface area (Å²) in [7, 11) is 1.89. The normalized spacial score (nSPS) is 14.8. The van der Waals surface area contributed by atoms with E-state index in [2.05, 4.69) is 19.2 Å².